The first-order chi connectivity index (χ1) is 9.24. The minimum absolute atomic E-state index is 0.101. The van der Waals surface area contributed by atoms with Crippen LogP contribution in [0.15, 0.2) is 42.7 Å². The van der Waals surface area contributed by atoms with Gasteiger partial charge in [-0.3, -0.25) is 4.98 Å². The fraction of sp³-hybridized carbons (Fsp3) is 0.267. The van der Waals surface area contributed by atoms with Gasteiger partial charge in [-0.15, -0.1) is 0 Å². The first-order valence-corrected chi connectivity index (χ1v) is 6.18. The van der Waals surface area contributed by atoms with E-state index in [1.807, 2.05) is 37.3 Å². The largest absolute Gasteiger partial charge is 0.493 e. The van der Waals surface area contributed by atoms with E-state index in [2.05, 4.69) is 4.98 Å². The van der Waals surface area contributed by atoms with E-state index in [-0.39, 0.29) is 6.10 Å². The van der Waals surface area contributed by atoms with Crippen molar-refractivity contribution in [1.29, 1.82) is 0 Å². The van der Waals surface area contributed by atoms with Crippen molar-refractivity contribution < 1.29 is 9.47 Å². The molecule has 2 aromatic rings. The van der Waals surface area contributed by atoms with E-state index in [0.717, 1.165) is 11.1 Å². The Morgan fingerprint density at radius 3 is 2.74 bits per heavy atom. The minimum Gasteiger partial charge on any atom is -0.493 e. The Morgan fingerprint density at radius 2 is 2.11 bits per heavy atom. The molecule has 1 unspecified atom stereocenters. The third-order valence-electron chi connectivity index (χ3n) is 2.92. The van der Waals surface area contributed by atoms with Gasteiger partial charge in [0.15, 0.2) is 11.5 Å². The van der Waals surface area contributed by atoms with Crippen molar-refractivity contribution in [1.82, 2.24) is 4.98 Å². The molecule has 1 aromatic carbocycles. The summed E-state index contributed by atoms with van der Waals surface area (Å²) in [7, 11) is 1.62. The molecule has 100 valence electrons. The fourth-order valence-electron chi connectivity index (χ4n) is 1.82. The molecule has 0 aliphatic carbocycles. The van der Waals surface area contributed by atoms with E-state index in [1.54, 1.807) is 19.5 Å². The van der Waals surface area contributed by atoms with Crippen LogP contribution >= 0.6 is 0 Å². The smallest absolute Gasteiger partial charge is 0.162 e. The van der Waals surface area contributed by atoms with Crippen molar-refractivity contribution in [2.75, 3.05) is 7.11 Å². The third kappa shape index (κ3) is 3.23. The molecular formula is C15H18N2O2. The van der Waals surface area contributed by atoms with Crippen molar-refractivity contribution in [2.45, 2.75) is 19.6 Å². The quantitative estimate of drug-likeness (QED) is 0.895. The molecule has 1 atom stereocenters. The molecule has 0 bridgehead atoms. The van der Waals surface area contributed by atoms with Gasteiger partial charge in [-0.2, -0.15) is 0 Å². The van der Waals surface area contributed by atoms with Crippen LogP contribution in [0.5, 0.6) is 11.5 Å². The Balaban J connectivity index is 2.22. The average molecular weight is 258 g/mol. The lowest BCUT2D eigenvalue weighted by Gasteiger charge is -2.17. The van der Waals surface area contributed by atoms with Gasteiger partial charge < -0.3 is 15.2 Å². The van der Waals surface area contributed by atoms with Crippen LogP contribution in [0.2, 0.25) is 0 Å². The molecule has 0 amide bonds. The second-order valence-electron chi connectivity index (χ2n) is 4.24. The molecule has 2 N–H and O–H groups in total. The molecule has 0 fully saturated rings. The van der Waals surface area contributed by atoms with Gasteiger partial charge in [-0.1, -0.05) is 12.1 Å². The SMILES string of the molecule is COc1ccc(CN)cc1OC(C)c1cccnc1. The molecule has 4 nitrogen and oxygen atoms in total. The van der Waals surface area contributed by atoms with Crippen LogP contribution in [0.4, 0.5) is 0 Å². The maximum absolute atomic E-state index is 5.94. The molecule has 0 aliphatic rings. The number of rotatable bonds is 5. The Morgan fingerprint density at radius 1 is 1.26 bits per heavy atom. The number of methoxy groups -OCH3 is 1. The normalized spacial score (nSPS) is 11.9. The van der Waals surface area contributed by atoms with Crippen LogP contribution in [-0.2, 0) is 6.54 Å². The van der Waals surface area contributed by atoms with Crippen LogP contribution in [-0.4, -0.2) is 12.1 Å². The second-order valence-corrected chi connectivity index (χ2v) is 4.24. The molecule has 0 saturated heterocycles. The summed E-state index contributed by atoms with van der Waals surface area (Å²) in [5.74, 6) is 1.40. The van der Waals surface area contributed by atoms with Crippen molar-refractivity contribution in [3.05, 3.63) is 53.9 Å². The van der Waals surface area contributed by atoms with Crippen molar-refractivity contribution >= 4 is 0 Å². The number of hydrogen-bond donors (Lipinski definition) is 1. The molecule has 2 rings (SSSR count). The minimum atomic E-state index is -0.101. The Labute approximate surface area is 113 Å². The fourth-order valence-corrected chi connectivity index (χ4v) is 1.82. The maximum atomic E-state index is 5.94. The first kappa shape index (κ1) is 13.4. The van der Waals surface area contributed by atoms with Crippen LogP contribution in [0.25, 0.3) is 0 Å². The number of aromatic nitrogens is 1. The number of hydrogen-bond acceptors (Lipinski definition) is 4. The highest BCUT2D eigenvalue weighted by atomic mass is 16.5. The van der Waals surface area contributed by atoms with Gasteiger partial charge in [0.1, 0.15) is 6.10 Å². The van der Waals surface area contributed by atoms with Crippen molar-refractivity contribution in [3.8, 4) is 11.5 Å². The van der Waals surface area contributed by atoms with Crippen LogP contribution in [0.3, 0.4) is 0 Å². The zero-order valence-electron chi connectivity index (χ0n) is 11.2. The van der Waals surface area contributed by atoms with Crippen LogP contribution in [0.1, 0.15) is 24.2 Å². The van der Waals surface area contributed by atoms with Crippen molar-refractivity contribution in [2.24, 2.45) is 5.73 Å². The molecule has 0 spiro atoms. The first-order valence-electron chi connectivity index (χ1n) is 6.18. The summed E-state index contributed by atoms with van der Waals surface area (Å²) < 4.78 is 11.2. The van der Waals surface area contributed by atoms with E-state index < -0.39 is 0 Å². The molecular weight excluding hydrogens is 240 g/mol. The number of pyridine rings is 1. The molecule has 0 radical (unpaired) electrons. The Hall–Kier alpha value is -2.07. The standard InChI is InChI=1S/C15H18N2O2/c1-11(13-4-3-7-17-10-13)19-15-8-12(9-16)5-6-14(15)18-2/h3-8,10-11H,9,16H2,1-2H3. The molecule has 1 heterocycles. The summed E-state index contributed by atoms with van der Waals surface area (Å²) in [5.41, 5.74) is 7.67. The zero-order valence-corrected chi connectivity index (χ0v) is 11.2. The predicted octanol–water partition coefficient (Wildman–Crippen LogP) is 2.69. The van der Waals surface area contributed by atoms with E-state index in [1.165, 1.54) is 0 Å². The summed E-state index contributed by atoms with van der Waals surface area (Å²) in [6.07, 6.45) is 3.44. The van der Waals surface area contributed by atoms with E-state index in [0.29, 0.717) is 18.0 Å². The summed E-state index contributed by atoms with van der Waals surface area (Å²) in [4.78, 5) is 4.09. The lowest BCUT2D eigenvalue weighted by molar-refractivity contribution is 0.215. The highest BCUT2D eigenvalue weighted by Crippen LogP contribution is 2.31. The lowest BCUT2D eigenvalue weighted by atomic mass is 10.1. The third-order valence-corrected chi connectivity index (χ3v) is 2.92. The van der Waals surface area contributed by atoms with Gasteiger partial charge in [0.05, 0.1) is 7.11 Å². The monoisotopic (exact) mass is 258 g/mol. The van der Waals surface area contributed by atoms with Gasteiger partial charge in [0, 0.05) is 24.5 Å². The van der Waals surface area contributed by atoms with Crippen molar-refractivity contribution in [3.63, 3.8) is 0 Å². The molecule has 4 heteroatoms. The highest BCUT2D eigenvalue weighted by Gasteiger charge is 2.11. The highest BCUT2D eigenvalue weighted by molar-refractivity contribution is 5.43. The Kier molecular flexibility index (Phi) is 4.36. The summed E-state index contributed by atoms with van der Waals surface area (Å²) in [6.45, 7) is 2.45. The van der Waals surface area contributed by atoms with Crippen LogP contribution < -0.4 is 15.2 Å². The average Bonchev–Trinajstić information content (AvgIpc) is 2.48. The van der Waals surface area contributed by atoms with Gasteiger partial charge in [-0.25, -0.2) is 0 Å². The van der Waals surface area contributed by atoms with Gasteiger partial charge >= 0.3 is 0 Å². The van der Waals surface area contributed by atoms with E-state index >= 15 is 0 Å². The molecule has 0 saturated carbocycles. The van der Waals surface area contributed by atoms with Gasteiger partial charge in [0.2, 0.25) is 0 Å². The Bertz CT molecular complexity index is 529. The lowest BCUT2D eigenvalue weighted by Crippen LogP contribution is -2.05. The second kappa shape index (κ2) is 6.20. The summed E-state index contributed by atoms with van der Waals surface area (Å²) in [5, 5.41) is 0. The van der Waals surface area contributed by atoms with E-state index in [4.69, 9.17) is 15.2 Å². The maximum Gasteiger partial charge on any atom is 0.162 e. The number of nitrogens with two attached hydrogens (primary N) is 1. The van der Waals surface area contributed by atoms with Gasteiger partial charge in [-0.05, 0) is 30.7 Å². The summed E-state index contributed by atoms with van der Waals surface area (Å²) >= 11 is 0. The molecule has 1 aromatic heterocycles. The van der Waals surface area contributed by atoms with E-state index in [9.17, 15) is 0 Å². The zero-order chi connectivity index (χ0) is 13.7. The number of benzene rings is 1. The number of nitrogens with zero attached hydrogens (tertiary/aromatic N) is 1. The number of ether oxygens (including phenoxy) is 2. The molecule has 19 heavy (non-hydrogen) atoms. The van der Waals surface area contributed by atoms with Gasteiger partial charge in [0.25, 0.3) is 0 Å². The summed E-state index contributed by atoms with van der Waals surface area (Å²) in [6, 6.07) is 9.58. The molecule has 0 aliphatic heterocycles. The topological polar surface area (TPSA) is 57.4 Å². The predicted molar refractivity (Wildman–Crippen MR) is 74.2 cm³/mol. The van der Waals surface area contributed by atoms with Crippen LogP contribution in [0, 0.1) is 0 Å².